The molecule has 1 aromatic heterocycles. The van der Waals surface area contributed by atoms with Gasteiger partial charge in [-0.25, -0.2) is 0 Å². The van der Waals surface area contributed by atoms with Crippen LogP contribution in [0.5, 0.6) is 0 Å². The van der Waals surface area contributed by atoms with Crippen molar-refractivity contribution in [3.05, 3.63) is 107 Å². The average molecular weight is 394 g/mol. The van der Waals surface area contributed by atoms with E-state index < -0.39 is 0 Å². The Hall–Kier alpha value is -3.66. The van der Waals surface area contributed by atoms with Gasteiger partial charge in [-0.3, -0.25) is 9.59 Å². The second-order valence-electron chi connectivity index (χ2n) is 7.72. The van der Waals surface area contributed by atoms with Crippen LogP contribution in [-0.2, 0) is 24.3 Å². The molecule has 0 saturated heterocycles. The first-order valence-electron chi connectivity index (χ1n) is 10.2. The van der Waals surface area contributed by atoms with Gasteiger partial charge in [0, 0.05) is 41.3 Å². The Bertz CT molecular complexity index is 1240. The summed E-state index contributed by atoms with van der Waals surface area (Å²) in [5.41, 5.74) is 4.73. The molecule has 3 aromatic carbocycles. The lowest BCUT2D eigenvalue weighted by atomic mass is 10.00. The van der Waals surface area contributed by atoms with Crippen LogP contribution in [0.2, 0.25) is 0 Å². The normalized spacial score (nSPS) is 13.3. The molecule has 1 aliphatic rings. The van der Waals surface area contributed by atoms with E-state index in [0.717, 1.165) is 23.9 Å². The Labute approximate surface area is 175 Å². The lowest BCUT2D eigenvalue weighted by Gasteiger charge is -2.29. The summed E-state index contributed by atoms with van der Waals surface area (Å²) in [5.74, 6) is 0.0499. The van der Waals surface area contributed by atoms with Gasteiger partial charge >= 0.3 is 0 Å². The number of amides is 1. The van der Waals surface area contributed by atoms with Crippen LogP contribution in [0.1, 0.15) is 27.0 Å². The zero-order valence-electron chi connectivity index (χ0n) is 16.6. The third-order valence-electron chi connectivity index (χ3n) is 5.86. The van der Waals surface area contributed by atoms with Crippen molar-refractivity contribution in [1.29, 1.82) is 0 Å². The van der Waals surface area contributed by atoms with E-state index in [0.29, 0.717) is 17.7 Å². The number of carbonyl (C=O) groups is 2. The van der Waals surface area contributed by atoms with Gasteiger partial charge in [0.2, 0.25) is 5.91 Å². The van der Waals surface area contributed by atoms with Crippen LogP contribution >= 0.6 is 0 Å². The molecule has 5 rings (SSSR count). The fraction of sp³-hybridized carbons (Fsp3) is 0.154. The number of ketones is 1. The van der Waals surface area contributed by atoms with Crippen LogP contribution in [-0.4, -0.2) is 27.7 Å². The molecule has 0 bridgehead atoms. The fourth-order valence-corrected chi connectivity index (χ4v) is 4.26. The van der Waals surface area contributed by atoms with Crippen LogP contribution in [0.25, 0.3) is 10.9 Å². The van der Waals surface area contributed by atoms with Crippen LogP contribution in [0.3, 0.4) is 0 Å². The van der Waals surface area contributed by atoms with Crippen molar-refractivity contribution in [2.75, 3.05) is 6.54 Å². The highest BCUT2D eigenvalue weighted by molar-refractivity contribution is 6.16. The quantitative estimate of drug-likeness (QED) is 0.480. The van der Waals surface area contributed by atoms with Crippen molar-refractivity contribution < 1.29 is 9.59 Å². The summed E-state index contributed by atoms with van der Waals surface area (Å²) in [5, 5.41) is 0.878. The minimum Gasteiger partial charge on any atom is -0.337 e. The molecule has 0 N–H and O–H groups in total. The lowest BCUT2D eigenvalue weighted by molar-refractivity contribution is -0.132. The Kier molecular flexibility index (Phi) is 4.68. The van der Waals surface area contributed by atoms with Gasteiger partial charge in [0.1, 0.15) is 6.54 Å². The average Bonchev–Trinajstić information content (AvgIpc) is 3.17. The molecular weight excluding hydrogens is 372 g/mol. The molecule has 0 aliphatic carbocycles. The first-order valence-corrected chi connectivity index (χ1v) is 10.2. The number of rotatable bonds is 4. The number of hydrogen-bond acceptors (Lipinski definition) is 2. The number of para-hydroxylation sites is 1. The Morgan fingerprint density at radius 1 is 0.800 bits per heavy atom. The minimum absolute atomic E-state index is 0.0232. The highest BCUT2D eigenvalue weighted by Gasteiger charge is 2.22. The largest absolute Gasteiger partial charge is 0.337 e. The summed E-state index contributed by atoms with van der Waals surface area (Å²) in [4.78, 5) is 28.1. The van der Waals surface area contributed by atoms with Crippen molar-refractivity contribution in [2.24, 2.45) is 0 Å². The maximum absolute atomic E-state index is 13.1. The smallest absolute Gasteiger partial charge is 0.242 e. The predicted octanol–water partition coefficient (Wildman–Crippen LogP) is 4.46. The van der Waals surface area contributed by atoms with Gasteiger partial charge < -0.3 is 9.47 Å². The zero-order valence-corrected chi connectivity index (χ0v) is 16.6. The van der Waals surface area contributed by atoms with Crippen LogP contribution in [0.4, 0.5) is 0 Å². The summed E-state index contributed by atoms with van der Waals surface area (Å²) < 4.78 is 1.91. The van der Waals surface area contributed by atoms with Crippen molar-refractivity contribution in [3.63, 3.8) is 0 Å². The molecule has 0 atom stereocenters. The fourth-order valence-electron chi connectivity index (χ4n) is 4.26. The maximum Gasteiger partial charge on any atom is 0.242 e. The van der Waals surface area contributed by atoms with Crippen LogP contribution in [0, 0.1) is 0 Å². The van der Waals surface area contributed by atoms with Gasteiger partial charge in [0.15, 0.2) is 5.78 Å². The van der Waals surface area contributed by atoms with Crippen molar-refractivity contribution in [3.8, 4) is 0 Å². The molecule has 0 spiro atoms. The molecular formula is C26H22N2O2. The van der Waals surface area contributed by atoms with Gasteiger partial charge in [-0.2, -0.15) is 0 Å². The van der Waals surface area contributed by atoms with Gasteiger partial charge in [0.25, 0.3) is 0 Å². The molecule has 0 unspecified atom stereocenters. The molecule has 0 fully saturated rings. The summed E-state index contributed by atoms with van der Waals surface area (Å²) in [6, 6.07) is 25.4. The SMILES string of the molecule is O=C(c1ccccc1)c1cn(CC(=O)N2CCc3ccccc3C2)c2ccccc12. The van der Waals surface area contributed by atoms with E-state index in [1.807, 2.05) is 82.4 Å². The summed E-state index contributed by atoms with van der Waals surface area (Å²) in [6.07, 6.45) is 2.71. The van der Waals surface area contributed by atoms with Crippen LogP contribution in [0.15, 0.2) is 85.1 Å². The summed E-state index contributed by atoms with van der Waals surface area (Å²) in [7, 11) is 0. The number of benzene rings is 3. The lowest BCUT2D eigenvalue weighted by Crippen LogP contribution is -2.37. The van der Waals surface area contributed by atoms with Gasteiger partial charge in [-0.1, -0.05) is 72.8 Å². The number of carbonyl (C=O) groups excluding carboxylic acids is 2. The van der Waals surface area contributed by atoms with Crippen LogP contribution < -0.4 is 0 Å². The molecule has 0 radical (unpaired) electrons. The highest BCUT2D eigenvalue weighted by Crippen LogP contribution is 2.25. The first kappa shape index (κ1) is 18.4. The van der Waals surface area contributed by atoms with E-state index in [1.54, 1.807) is 0 Å². The summed E-state index contributed by atoms with van der Waals surface area (Å²) >= 11 is 0. The molecule has 30 heavy (non-hydrogen) atoms. The molecule has 2 heterocycles. The first-order chi connectivity index (χ1) is 14.7. The standard InChI is InChI=1S/C26H22N2O2/c29-25(27-15-14-19-8-4-5-11-21(19)16-27)18-28-17-23(22-12-6-7-13-24(22)28)26(30)20-9-2-1-3-10-20/h1-13,17H,14-16,18H2. The van der Waals surface area contributed by atoms with E-state index in [1.165, 1.54) is 11.1 Å². The number of aromatic nitrogens is 1. The van der Waals surface area contributed by atoms with E-state index in [-0.39, 0.29) is 18.2 Å². The molecule has 1 aliphatic heterocycles. The molecule has 4 aromatic rings. The zero-order chi connectivity index (χ0) is 20.5. The number of nitrogens with zero attached hydrogens (tertiary/aromatic N) is 2. The van der Waals surface area contributed by atoms with Gasteiger partial charge in [-0.05, 0) is 23.6 Å². The Morgan fingerprint density at radius 2 is 1.50 bits per heavy atom. The molecule has 1 amide bonds. The van der Waals surface area contributed by atoms with Crippen molar-refractivity contribution in [1.82, 2.24) is 9.47 Å². The Morgan fingerprint density at radius 3 is 2.33 bits per heavy atom. The van der Waals surface area contributed by atoms with E-state index >= 15 is 0 Å². The van der Waals surface area contributed by atoms with Gasteiger partial charge in [0.05, 0.1) is 0 Å². The monoisotopic (exact) mass is 394 g/mol. The summed E-state index contributed by atoms with van der Waals surface area (Å²) in [6.45, 7) is 1.60. The van der Waals surface area contributed by atoms with E-state index in [9.17, 15) is 9.59 Å². The molecule has 4 heteroatoms. The highest BCUT2D eigenvalue weighted by atomic mass is 16.2. The topological polar surface area (TPSA) is 42.3 Å². The van der Waals surface area contributed by atoms with E-state index in [2.05, 4.69) is 12.1 Å². The maximum atomic E-state index is 13.1. The molecule has 0 saturated carbocycles. The Balaban J connectivity index is 1.44. The van der Waals surface area contributed by atoms with Gasteiger partial charge in [-0.15, -0.1) is 0 Å². The van der Waals surface area contributed by atoms with E-state index in [4.69, 9.17) is 0 Å². The molecule has 4 nitrogen and oxygen atoms in total. The van der Waals surface area contributed by atoms with Crippen molar-refractivity contribution >= 4 is 22.6 Å². The second kappa shape index (κ2) is 7.64. The number of fused-ring (bicyclic) bond motifs is 2. The predicted molar refractivity (Wildman–Crippen MR) is 117 cm³/mol. The third-order valence-corrected chi connectivity index (χ3v) is 5.86. The second-order valence-corrected chi connectivity index (χ2v) is 7.72. The minimum atomic E-state index is -0.0232. The number of hydrogen-bond donors (Lipinski definition) is 0. The molecule has 148 valence electrons. The third kappa shape index (κ3) is 3.30. The van der Waals surface area contributed by atoms with Crippen molar-refractivity contribution in [2.45, 2.75) is 19.5 Å².